The molecule has 2 aromatic rings. The molecule has 2 heterocycles. The lowest BCUT2D eigenvalue weighted by Gasteiger charge is -2.44. The van der Waals surface area contributed by atoms with Crippen LogP contribution in [-0.2, 0) is 20.9 Å². The lowest BCUT2D eigenvalue weighted by atomic mass is 9.89. The van der Waals surface area contributed by atoms with Crippen molar-refractivity contribution in [3.05, 3.63) is 76.5 Å². The predicted molar refractivity (Wildman–Crippen MR) is 146 cm³/mol. The van der Waals surface area contributed by atoms with E-state index in [2.05, 4.69) is 36.5 Å². The van der Waals surface area contributed by atoms with E-state index in [9.17, 15) is 14.4 Å². The van der Waals surface area contributed by atoms with E-state index >= 15 is 0 Å². The van der Waals surface area contributed by atoms with Crippen molar-refractivity contribution in [1.82, 2.24) is 15.1 Å². The van der Waals surface area contributed by atoms with Crippen molar-refractivity contribution >= 4 is 23.8 Å². The van der Waals surface area contributed by atoms with Gasteiger partial charge in [0.1, 0.15) is 6.10 Å². The number of carbonyl (C=O) groups is 3. The second-order valence-corrected chi connectivity index (χ2v) is 10.7. The minimum atomic E-state index is -0.142. The third kappa shape index (κ3) is 6.09. The third-order valence-corrected chi connectivity index (χ3v) is 7.82. The maximum Gasteiger partial charge on any atom is 0.289 e. The van der Waals surface area contributed by atoms with E-state index in [1.54, 1.807) is 18.2 Å². The second-order valence-electron chi connectivity index (χ2n) is 10.7. The summed E-state index contributed by atoms with van der Waals surface area (Å²) in [6.07, 6.45) is 8.25. The molecule has 2 saturated heterocycles. The molecule has 38 heavy (non-hydrogen) atoms. The molecule has 7 nitrogen and oxygen atoms in total. The summed E-state index contributed by atoms with van der Waals surface area (Å²) >= 11 is 0. The number of nitrogens with zero attached hydrogens (tertiary/aromatic N) is 2. The molecule has 3 aliphatic rings. The van der Waals surface area contributed by atoms with Gasteiger partial charge >= 0.3 is 0 Å². The number of hydrogen-bond acceptors (Lipinski definition) is 4. The molecule has 200 valence electrons. The Morgan fingerprint density at radius 3 is 2.53 bits per heavy atom. The Morgan fingerprint density at radius 1 is 1.03 bits per heavy atom. The summed E-state index contributed by atoms with van der Waals surface area (Å²) < 4.78 is 6.25. The molecule has 7 heteroatoms. The number of rotatable bonds is 8. The van der Waals surface area contributed by atoms with Gasteiger partial charge in [-0.05, 0) is 68.4 Å². The van der Waals surface area contributed by atoms with Crippen molar-refractivity contribution in [3.8, 4) is 0 Å². The highest BCUT2D eigenvalue weighted by molar-refractivity contribution is 5.97. The van der Waals surface area contributed by atoms with Crippen LogP contribution in [0.3, 0.4) is 0 Å². The molecular formula is C31H37N3O4. The zero-order valence-electron chi connectivity index (χ0n) is 22.2. The lowest BCUT2D eigenvalue weighted by molar-refractivity contribution is -0.149. The number of morpholine rings is 1. The molecule has 2 aliphatic heterocycles. The van der Waals surface area contributed by atoms with Gasteiger partial charge < -0.3 is 19.9 Å². The van der Waals surface area contributed by atoms with Crippen molar-refractivity contribution in [2.45, 2.75) is 70.6 Å². The Balaban J connectivity index is 1.22. The number of hydrogen-bond donors (Lipinski definition) is 1. The summed E-state index contributed by atoms with van der Waals surface area (Å²) in [5.41, 5.74) is 3.71. The number of likely N-dealkylation sites (tertiary alicyclic amines) is 1. The minimum Gasteiger partial charge on any atom is -0.482 e. The average molecular weight is 516 g/mol. The fourth-order valence-corrected chi connectivity index (χ4v) is 5.65. The Hall–Kier alpha value is -3.61. The first-order valence-corrected chi connectivity index (χ1v) is 13.9. The number of nitrogens with one attached hydrogen (secondary N) is 1. The van der Waals surface area contributed by atoms with Crippen LogP contribution in [0, 0.1) is 6.92 Å². The molecule has 3 amide bonds. The first-order valence-electron chi connectivity index (χ1n) is 13.9. The van der Waals surface area contributed by atoms with Gasteiger partial charge in [0.15, 0.2) is 5.76 Å². The maximum atomic E-state index is 13.5. The van der Waals surface area contributed by atoms with Gasteiger partial charge in [-0.1, -0.05) is 48.4 Å². The molecule has 2 atom stereocenters. The van der Waals surface area contributed by atoms with E-state index in [0.29, 0.717) is 37.4 Å². The van der Waals surface area contributed by atoms with E-state index < -0.39 is 0 Å². The van der Waals surface area contributed by atoms with Gasteiger partial charge in [-0.2, -0.15) is 0 Å². The zero-order chi connectivity index (χ0) is 26.5. The first-order chi connectivity index (χ1) is 18.5. The van der Waals surface area contributed by atoms with Crippen LogP contribution in [0.15, 0.2) is 54.3 Å². The van der Waals surface area contributed by atoms with Crippen molar-refractivity contribution < 1.29 is 19.1 Å². The van der Waals surface area contributed by atoms with Crippen molar-refractivity contribution in [2.24, 2.45) is 0 Å². The van der Waals surface area contributed by atoms with Crippen molar-refractivity contribution in [1.29, 1.82) is 0 Å². The minimum absolute atomic E-state index is 0.0130. The van der Waals surface area contributed by atoms with Gasteiger partial charge in [0.25, 0.3) is 11.8 Å². The van der Waals surface area contributed by atoms with E-state index in [1.165, 1.54) is 5.56 Å². The van der Waals surface area contributed by atoms with Gasteiger partial charge in [-0.3, -0.25) is 14.4 Å². The largest absolute Gasteiger partial charge is 0.482 e. The quantitative estimate of drug-likeness (QED) is 0.416. The zero-order valence-corrected chi connectivity index (χ0v) is 22.2. The first kappa shape index (κ1) is 26.0. The molecule has 3 fully saturated rings. The summed E-state index contributed by atoms with van der Waals surface area (Å²) in [5.74, 6) is 0.357. The maximum absolute atomic E-state index is 13.5. The van der Waals surface area contributed by atoms with Crippen LogP contribution >= 0.6 is 0 Å². The van der Waals surface area contributed by atoms with Gasteiger partial charge in [0.2, 0.25) is 5.91 Å². The Bertz CT molecular complexity index is 1190. The lowest BCUT2D eigenvalue weighted by Crippen LogP contribution is -2.54. The molecule has 2 aromatic carbocycles. The Morgan fingerprint density at radius 2 is 1.79 bits per heavy atom. The van der Waals surface area contributed by atoms with Gasteiger partial charge in [-0.25, -0.2) is 0 Å². The Labute approximate surface area is 224 Å². The van der Waals surface area contributed by atoms with E-state index in [1.807, 2.05) is 21.9 Å². The van der Waals surface area contributed by atoms with Gasteiger partial charge in [0, 0.05) is 38.2 Å². The van der Waals surface area contributed by atoms with Crippen LogP contribution < -0.4 is 5.32 Å². The molecule has 0 bridgehead atoms. The van der Waals surface area contributed by atoms with E-state index in [0.717, 1.165) is 56.2 Å². The number of aryl methyl sites for hydroxylation is 1. The SMILES string of the molecule is Cc1ccc(CN2C(=O)/C(=C\c3ccc(C(=O)NCCCN4CCCC4=O)cc3)OC3CCCCC32)cc1. The van der Waals surface area contributed by atoms with Crippen molar-refractivity contribution in [3.63, 3.8) is 0 Å². The summed E-state index contributed by atoms with van der Waals surface area (Å²) in [5, 5.41) is 2.93. The second kappa shape index (κ2) is 11.8. The Kier molecular flexibility index (Phi) is 8.11. The molecule has 1 saturated carbocycles. The number of carbonyl (C=O) groups excluding carboxylic acids is 3. The molecule has 1 aliphatic carbocycles. The highest BCUT2D eigenvalue weighted by atomic mass is 16.5. The monoisotopic (exact) mass is 515 g/mol. The summed E-state index contributed by atoms with van der Waals surface area (Å²) in [6.45, 7) is 4.67. The van der Waals surface area contributed by atoms with Crippen LogP contribution in [0.2, 0.25) is 0 Å². The number of benzene rings is 2. The van der Waals surface area contributed by atoms with Crippen LogP contribution in [0.5, 0.6) is 0 Å². The summed E-state index contributed by atoms with van der Waals surface area (Å²) in [7, 11) is 0. The molecule has 0 radical (unpaired) electrons. The van der Waals surface area contributed by atoms with Gasteiger partial charge in [0.05, 0.1) is 6.04 Å². The summed E-state index contributed by atoms with van der Waals surface area (Å²) in [6, 6.07) is 15.7. The molecular weight excluding hydrogens is 478 g/mol. The van der Waals surface area contributed by atoms with Crippen LogP contribution in [0.4, 0.5) is 0 Å². The highest BCUT2D eigenvalue weighted by Crippen LogP contribution is 2.34. The fraction of sp³-hybridized carbons (Fsp3) is 0.452. The topological polar surface area (TPSA) is 79.0 Å². The number of fused-ring (bicyclic) bond motifs is 1. The van der Waals surface area contributed by atoms with Crippen molar-refractivity contribution in [2.75, 3.05) is 19.6 Å². The number of ether oxygens (including phenoxy) is 1. The number of amides is 3. The molecule has 0 spiro atoms. The molecule has 2 unspecified atom stereocenters. The average Bonchev–Trinajstić information content (AvgIpc) is 3.34. The smallest absolute Gasteiger partial charge is 0.289 e. The van der Waals surface area contributed by atoms with E-state index in [4.69, 9.17) is 4.74 Å². The van der Waals surface area contributed by atoms with Crippen LogP contribution in [-0.4, -0.2) is 59.3 Å². The third-order valence-electron chi connectivity index (χ3n) is 7.82. The highest BCUT2D eigenvalue weighted by Gasteiger charge is 2.41. The predicted octanol–water partition coefficient (Wildman–Crippen LogP) is 4.45. The van der Waals surface area contributed by atoms with E-state index in [-0.39, 0.29) is 29.9 Å². The molecule has 5 rings (SSSR count). The standard InChI is InChI=1S/C31H37N3O4/c1-22-9-11-24(12-10-22)21-34-26-6-2-3-7-27(26)38-28(31(34)37)20-23-13-15-25(16-14-23)30(36)32-17-5-19-33-18-4-8-29(33)35/h9-16,20,26-27H,2-8,17-19,21H2,1H3,(H,32,36)/b28-20+. The van der Waals surface area contributed by atoms with Crippen LogP contribution in [0.25, 0.3) is 6.08 Å². The van der Waals surface area contributed by atoms with Crippen LogP contribution in [0.1, 0.15) is 72.0 Å². The summed E-state index contributed by atoms with van der Waals surface area (Å²) in [4.78, 5) is 41.6. The normalized spacial score (nSPS) is 22.4. The van der Waals surface area contributed by atoms with Gasteiger partial charge in [-0.15, -0.1) is 0 Å². The fourth-order valence-electron chi connectivity index (χ4n) is 5.65. The molecule has 0 aromatic heterocycles. The molecule has 1 N–H and O–H groups in total.